The van der Waals surface area contributed by atoms with Gasteiger partial charge in [0.25, 0.3) is 10.0 Å². The number of sulfonamides is 1. The molecular weight excluding hydrogens is 511 g/mol. The second kappa shape index (κ2) is 12.0. The van der Waals surface area contributed by atoms with Crippen LogP contribution in [0.25, 0.3) is 0 Å². The number of carbonyl (C=O) groups is 1. The van der Waals surface area contributed by atoms with E-state index in [-0.39, 0.29) is 11.4 Å². The van der Waals surface area contributed by atoms with Crippen molar-refractivity contribution >= 4 is 56.6 Å². The number of thioether (sulfide) groups is 1. The van der Waals surface area contributed by atoms with Gasteiger partial charge in [-0.1, -0.05) is 65.2 Å². The van der Waals surface area contributed by atoms with Crippen LogP contribution in [-0.2, 0) is 20.6 Å². The Kier molecular flexibility index (Phi) is 9.31. The van der Waals surface area contributed by atoms with E-state index in [1.807, 2.05) is 31.2 Å². The van der Waals surface area contributed by atoms with E-state index in [9.17, 15) is 13.2 Å². The Hall–Kier alpha value is -2.19. The first-order chi connectivity index (χ1) is 16.2. The van der Waals surface area contributed by atoms with Gasteiger partial charge in [-0.15, -0.1) is 0 Å². The molecular formula is C25H26Cl2N2O3S2. The normalized spacial score (nSPS) is 11.3. The topological polar surface area (TPSA) is 66.5 Å². The van der Waals surface area contributed by atoms with Crippen molar-refractivity contribution in [3.8, 4) is 0 Å². The molecule has 0 bridgehead atoms. The molecule has 0 unspecified atom stereocenters. The minimum Gasteiger partial charge on any atom is -0.354 e. The molecule has 1 amide bonds. The maximum atomic E-state index is 13.5. The second-order valence-corrected chi connectivity index (χ2v) is 11.6. The van der Waals surface area contributed by atoms with Crippen LogP contribution in [0.1, 0.15) is 16.7 Å². The quantitative estimate of drug-likeness (QED) is 0.329. The zero-order valence-corrected chi connectivity index (χ0v) is 22.1. The average molecular weight is 538 g/mol. The summed E-state index contributed by atoms with van der Waals surface area (Å²) in [5, 5.41) is 3.92. The second-order valence-electron chi connectivity index (χ2n) is 7.75. The number of nitrogens with one attached hydrogen (secondary N) is 1. The number of anilines is 1. The Balaban J connectivity index is 1.70. The molecule has 5 nitrogen and oxygen atoms in total. The van der Waals surface area contributed by atoms with Crippen LogP contribution in [0.5, 0.6) is 0 Å². The summed E-state index contributed by atoms with van der Waals surface area (Å²) in [6.07, 6.45) is 0. The highest BCUT2D eigenvalue weighted by atomic mass is 35.5. The van der Waals surface area contributed by atoms with Gasteiger partial charge in [0.05, 0.1) is 10.6 Å². The Labute approximate surface area is 215 Å². The molecule has 0 spiro atoms. The Morgan fingerprint density at radius 3 is 2.41 bits per heavy atom. The predicted octanol–water partition coefficient (Wildman–Crippen LogP) is 5.86. The minimum atomic E-state index is -3.99. The van der Waals surface area contributed by atoms with Crippen molar-refractivity contribution in [2.75, 3.05) is 23.1 Å². The van der Waals surface area contributed by atoms with E-state index in [2.05, 4.69) is 5.32 Å². The molecule has 34 heavy (non-hydrogen) atoms. The lowest BCUT2D eigenvalue weighted by atomic mass is 10.2. The number of amides is 1. The fourth-order valence-electron chi connectivity index (χ4n) is 3.23. The third-order valence-corrected chi connectivity index (χ3v) is 8.51. The molecule has 0 radical (unpaired) electrons. The first-order valence-corrected chi connectivity index (χ1v) is 14.0. The number of halogens is 2. The van der Waals surface area contributed by atoms with Crippen LogP contribution >= 0.6 is 35.0 Å². The number of benzene rings is 3. The molecule has 0 atom stereocenters. The molecule has 0 fully saturated rings. The number of hydrogen-bond donors (Lipinski definition) is 1. The molecule has 3 aromatic rings. The largest absolute Gasteiger partial charge is 0.354 e. The lowest BCUT2D eigenvalue weighted by Crippen LogP contribution is -2.41. The lowest BCUT2D eigenvalue weighted by molar-refractivity contribution is -0.119. The van der Waals surface area contributed by atoms with Crippen LogP contribution < -0.4 is 9.62 Å². The van der Waals surface area contributed by atoms with Gasteiger partial charge in [-0.25, -0.2) is 8.42 Å². The van der Waals surface area contributed by atoms with E-state index in [1.165, 1.54) is 0 Å². The summed E-state index contributed by atoms with van der Waals surface area (Å²) in [6.45, 7) is 3.71. The van der Waals surface area contributed by atoms with Gasteiger partial charge in [-0.05, 0) is 55.3 Å². The van der Waals surface area contributed by atoms with Crippen molar-refractivity contribution in [1.29, 1.82) is 0 Å². The molecule has 0 saturated carbocycles. The van der Waals surface area contributed by atoms with Crippen LogP contribution in [-0.4, -0.2) is 33.2 Å². The number of aryl methyl sites for hydroxylation is 2. The first kappa shape index (κ1) is 26.4. The van der Waals surface area contributed by atoms with Crippen LogP contribution in [0.15, 0.2) is 71.6 Å². The van der Waals surface area contributed by atoms with E-state index >= 15 is 0 Å². The monoisotopic (exact) mass is 536 g/mol. The summed E-state index contributed by atoms with van der Waals surface area (Å²) in [6, 6.07) is 19.2. The molecule has 0 aromatic heterocycles. The molecule has 0 aliphatic heterocycles. The van der Waals surface area contributed by atoms with Crippen molar-refractivity contribution in [1.82, 2.24) is 5.32 Å². The molecule has 9 heteroatoms. The average Bonchev–Trinajstić information content (AvgIpc) is 2.80. The third-order valence-electron chi connectivity index (χ3n) is 5.12. The van der Waals surface area contributed by atoms with Gasteiger partial charge in [-0.2, -0.15) is 11.8 Å². The third kappa shape index (κ3) is 6.92. The molecule has 180 valence electrons. The van der Waals surface area contributed by atoms with Gasteiger partial charge in [0, 0.05) is 28.1 Å². The van der Waals surface area contributed by atoms with Crippen molar-refractivity contribution in [3.63, 3.8) is 0 Å². The molecule has 3 aromatic carbocycles. The summed E-state index contributed by atoms with van der Waals surface area (Å²) in [7, 11) is -3.99. The Bertz CT molecular complexity index is 1250. The van der Waals surface area contributed by atoms with E-state index < -0.39 is 15.9 Å². The van der Waals surface area contributed by atoms with Crippen LogP contribution in [0, 0.1) is 13.8 Å². The standard InChI is InChI=1S/C25H26Cl2N2O3S2/c1-18-7-11-22(12-8-18)34(31,32)29(24-15-21(26)10-9-19(24)2)16-25(30)28-13-14-33-17-20-5-3-4-6-23(20)27/h3-12,15H,13-14,16-17H2,1-2H3,(H,28,30). The zero-order chi connectivity index (χ0) is 24.7. The number of hydrogen-bond acceptors (Lipinski definition) is 4. The van der Waals surface area contributed by atoms with E-state index in [4.69, 9.17) is 23.2 Å². The van der Waals surface area contributed by atoms with Crippen molar-refractivity contribution in [2.24, 2.45) is 0 Å². The van der Waals surface area contributed by atoms with Crippen molar-refractivity contribution in [2.45, 2.75) is 24.5 Å². The molecule has 0 aliphatic carbocycles. The molecule has 0 saturated heterocycles. The van der Waals surface area contributed by atoms with Gasteiger partial charge in [-0.3, -0.25) is 9.10 Å². The Morgan fingerprint density at radius 1 is 1.00 bits per heavy atom. The van der Waals surface area contributed by atoms with E-state index in [1.54, 1.807) is 61.2 Å². The van der Waals surface area contributed by atoms with Crippen LogP contribution in [0.4, 0.5) is 5.69 Å². The number of rotatable bonds is 10. The van der Waals surface area contributed by atoms with Gasteiger partial charge in [0.15, 0.2) is 0 Å². The first-order valence-electron chi connectivity index (χ1n) is 10.6. The highest BCUT2D eigenvalue weighted by Crippen LogP contribution is 2.29. The van der Waals surface area contributed by atoms with Crippen molar-refractivity contribution in [3.05, 3.63) is 93.5 Å². The number of carbonyl (C=O) groups excluding carboxylic acids is 1. The molecule has 3 rings (SSSR count). The highest BCUT2D eigenvalue weighted by molar-refractivity contribution is 7.98. The zero-order valence-electron chi connectivity index (χ0n) is 18.9. The predicted molar refractivity (Wildman–Crippen MR) is 143 cm³/mol. The van der Waals surface area contributed by atoms with Gasteiger partial charge in [0.2, 0.25) is 5.91 Å². The minimum absolute atomic E-state index is 0.112. The smallest absolute Gasteiger partial charge is 0.264 e. The fraction of sp³-hybridized carbons (Fsp3) is 0.240. The maximum absolute atomic E-state index is 13.5. The molecule has 0 aliphatic rings. The fourth-order valence-corrected chi connectivity index (χ4v) is 6.02. The van der Waals surface area contributed by atoms with Crippen LogP contribution in [0.2, 0.25) is 10.0 Å². The summed E-state index contributed by atoms with van der Waals surface area (Å²) < 4.78 is 28.1. The van der Waals surface area contributed by atoms with Gasteiger partial charge >= 0.3 is 0 Å². The summed E-state index contributed by atoms with van der Waals surface area (Å²) in [4.78, 5) is 12.9. The van der Waals surface area contributed by atoms with E-state index in [0.29, 0.717) is 33.6 Å². The van der Waals surface area contributed by atoms with Crippen LogP contribution in [0.3, 0.4) is 0 Å². The summed E-state index contributed by atoms with van der Waals surface area (Å²) in [5.41, 5.74) is 3.04. The highest BCUT2D eigenvalue weighted by Gasteiger charge is 2.28. The SMILES string of the molecule is Cc1ccc(S(=O)(=O)N(CC(=O)NCCSCc2ccccc2Cl)c2cc(Cl)ccc2C)cc1. The number of nitrogens with zero attached hydrogens (tertiary/aromatic N) is 1. The molecule has 0 heterocycles. The Morgan fingerprint density at radius 2 is 1.71 bits per heavy atom. The molecule has 1 N–H and O–H groups in total. The lowest BCUT2D eigenvalue weighted by Gasteiger charge is -2.26. The van der Waals surface area contributed by atoms with Gasteiger partial charge < -0.3 is 5.32 Å². The maximum Gasteiger partial charge on any atom is 0.264 e. The van der Waals surface area contributed by atoms with Crippen molar-refractivity contribution < 1.29 is 13.2 Å². The summed E-state index contributed by atoms with van der Waals surface area (Å²) >= 11 is 14.0. The van der Waals surface area contributed by atoms with Gasteiger partial charge in [0.1, 0.15) is 6.54 Å². The summed E-state index contributed by atoms with van der Waals surface area (Å²) in [5.74, 6) is 0.997. The van der Waals surface area contributed by atoms with E-state index in [0.717, 1.165) is 21.2 Å².